The Bertz CT molecular complexity index is 559. The van der Waals surface area contributed by atoms with Gasteiger partial charge in [0.15, 0.2) is 0 Å². The summed E-state index contributed by atoms with van der Waals surface area (Å²) in [4.78, 5) is 17.6. The average Bonchev–Trinajstić information content (AvgIpc) is 2.85. The van der Waals surface area contributed by atoms with Crippen LogP contribution in [0.25, 0.3) is 10.3 Å². The Balaban J connectivity index is 2.34. The van der Waals surface area contributed by atoms with Gasteiger partial charge in [-0.25, -0.2) is 9.78 Å². The molecule has 0 aliphatic rings. The minimum Gasteiger partial charge on any atom is -0.462 e. The maximum atomic E-state index is 11.6. The van der Waals surface area contributed by atoms with Crippen molar-refractivity contribution < 1.29 is 14.3 Å². The van der Waals surface area contributed by atoms with E-state index in [4.69, 9.17) is 9.47 Å². The van der Waals surface area contributed by atoms with Gasteiger partial charge < -0.3 is 14.0 Å². The molecule has 0 spiro atoms. The van der Waals surface area contributed by atoms with Crippen LogP contribution >= 0.6 is 11.3 Å². The molecule has 0 aliphatic carbocycles. The zero-order chi connectivity index (χ0) is 13.1. The van der Waals surface area contributed by atoms with Gasteiger partial charge in [-0.15, -0.1) is 11.3 Å². The van der Waals surface area contributed by atoms with Crippen molar-refractivity contribution in [2.75, 3.05) is 20.3 Å². The molecule has 2 heterocycles. The highest BCUT2D eigenvalue weighted by molar-refractivity contribution is 7.20. The van der Waals surface area contributed by atoms with Crippen molar-refractivity contribution in [3.05, 3.63) is 16.8 Å². The van der Waals surface area contributed by atoms with Gasteiger partial charge in [0.25, 0.3) is 0 Å². The summed E-state index contributed by atoms with van der Waals surface area (Å²) in [6.45, 7) is 5.49. The van der Waals surface area contributed by atoms with E-state index in [1.54, 1.807) is 14.0 Å². The van der Waals surface area contributed by atoms with Crippen LogP contribution in [-0.2, 0) is 16.0 Å². The van der Waals surface area contributed by atoms with Gasteiger partial charge in [0.1, 0.15) is 15.5 Å². The molecule has 0 fully saturated rings. The number of aryl methyl sites for hydroxylation is 1. The number of methoxy groups -OCH3 is 1. The third-order valence-electron chi connectivity index (χ3n) is 2.63. The Kier molecular flexibility index (Phi) is 3.98. The van der Waals surface area contributed by atoms with Crippen molar-refractivity contribution in [1.29, 1.82) is 0 Å². The van der Waals surface area contributed by atoms with Crippen molar-refractivity contribution in [1.82, 2.24) is 9.55 Å². The van der Waals surface area contributed by atoms with Gasteiger partial charge in [-0.3, -0.25) is 0 Å². The Hall–Kier alpha value is -1.40. The molecule has 5 nitrogen and oxygen atoms in total. The predicted octanol–water partition coefficient (Wildman–Crippen LogP) is 2.23. The van der Waals surface area contributed by atoms with E-state index in [2.05, 4.69) is 9.55 Å². The molecule has 18 heavy (non-hydrogen) atoms. The summed E-state index contributed by atoms with van der Waals surface area (Å²) in [7, 11) is 1.67. The van der Waals surface area contributed by atoms with E-state index in [0.717, 1.165) is 22.7 Å². The van der Waals surface area contributed by atoms with E-state index < -0.39 is 0 Å². The first-order valence-electron chi connectivity index (χ1n) is 5.80. The Labute approximate surface area is 109 Å². The van der Waals surface area contributed by atoms with Crippen molar-refractivity contribution in [3.63, 3.8) is 0 Å². The molecule has 0 atom stereocenters. The average molecular weight is 268 g/mol. The monoisotopic (exact) mass is 268 g/mol. The van der Waals surface area contributed by atoms with Gasteiger partial charge in [-0.2, -0.15) is 0 Å². The maximum absolute atomic E-state index is 11.6. The van der Waals surface area contributed by atoms with Gasteiger partial charge in [0.05, 0.1) is 18.7 Å². The molecule has 2 aromatic heterocycles. The van der Waals surface area contributed by atoms with Gasteiger partial charge in [-0.05, 0) is 19.9 Å². The van der Waals surface area contributed by atoms with Crippen molar-refractivity contribution in [3.8, 4) is 0 Å². The van der Waals surface area contributed by atoms with Crippen LogP contribution in [-0.4, -0.2) is 35.8 Å². The fraction of sp³-hybridized carbons (Fsp3) is 0.500. The molecule has 0 bridgehead atoms. The smallest absolute Gasteiger partial charge is 0.348 e. The number of carbonyl (C=O) groups is 1. The van der Waals surface area contributed by atoms with Crippen LogP contribution in [0.4, 0.5) is 0 Å². The molecule has 0 amide bonds. The number of imidazole rings is 1. The summed E-state index contributed by atoms with van der Waals surface area (Å²) < 4.78 is 12.1. The van der Waals surface area contributed by atoms with Gasteiger partial charge in [0.2, 0.25) is 0 Å². The zero-order valence-electron chi connectivity index (χ0n) is 10.7. The highest BCUT2D eigenvalue weighted by atomic mass is 32.1. The second-order valence-corrected chi connectivity index (χ2v) is 4.86. The lowest BCUT2D eigenvalue weighted by Crippen LogP contribution is -2.06. The first-order chi connectivity index (χ1) is 8.67. The van der Waals surface area contributed by atoms with E-state index in [1.165, 1.54) is 11.3 Å². The first kappa shape index (κ1) is 13.0. The summed E-state index contributed by atoms with van der Waals surface area (Å²) in [6, 6.07) is 1.84. The molecule has 6 heteroatoms. The summed E-state index contributed by atoms with van der Waals surface area (Å²) in [5, 5.41) is 0. The highest BCUT2D eigenvalue weighted by Gasteiger charge is 2.16. The molecule has 0 unspecified atom stereocenters. The molecule has 0 aromatic carbocycles. The number of hydrogen-bond donors (Lipinski definition) is 0. The topological polar surface area (TPSA) is 53.3 Å². The summed E-state index contributed by atoms with van der Waals surface area (Å²) in [6.07, 6.45) is 0. The molecule has 0 radical (unpaired) electrons. The van der Waals surface area contributed by atoms with Crippen LogP contribution in [0.2, 0.25) is 0 Å². The molecule has 2 rings (SSSR count). The Morgan fingerprint density at radius 2 is 2.33 bits per heavy atom. The van der Waals surface area contributed by atoms with Crippen LogP contribution in [0, 0.1) is 6.92 Å². The zero-order valence-corrected chi connectivity index (χ0v) is 11.5. The van der Waals surface area contributed by atoms with Crippen molar-refractivity contribution in [2.24, 2.45) is 0 Å². The second-order valence-electron chi connectivity index (χ2n) is 3.82. The number of nitrogens with zero attached hydrogens (tertiary/aromatic N) is 2. The molecule has 0 N–H and O–H groups in total. The van der Waals surface area contributed by atoms with Crippen LogP contribution < -0.4 is 0 Å². The van der Waals surface area contributed by atoms with E-state index in [-0.39, 0.29) is 5.97 Å². The number of carbonyl (C=O) groups excluding carboxylic acids is 1. The lowest BCUT2D eigenvalue weighted by Gasteiger charge is -2.04. The van der Waals surface area contributed by atoms with Gasteiger partial charge >= 0.3 is 5.97 Å². The molecular formula is C12H16N2O3S. The summed E-state index contributed by atoms with van der Waals surface area (Å²) in [5.74, 6) is 0.653. The maximum Gasteiger partial charge on any atom is 0.348 e. The van der Waals surface area contributed by atoms with Crippen LogP contribution in [0.1, 0.15) is 22.4 Å². The van der Waals surface area contributed by atoms with E-state index >= 15 is 0 Å². The third-order valence-corrected chi connectivity index (χ3v) is 3.63. The van der Waals surface area contributed by atoms with Crippen LogP contribution in [0.15, 0.2) is 6.07 Å². The molecule has 0 aliphatic heterocycles. The minimum absolute atomic E-state index is 0.281. The molecule has 98 valence electrons. The molecule has 0 saturated heterocycles. The van der Waals surface area contributed by atoms with E-state index in [1.807, 2.05) is 13.0 Å². The van der Waals surface area contributed by atoms with Crippen LogP contribution in [0.5, 0.6) is 0 Å². The number of rotatable bonds is 5. The number of aromatic nitrogens is 2. The Morgan fingerprint density at radius 3 is 3.00 bits per heavy atom. The normalized spacial score (nSPS) is 11.1. The SMILES string of the molecule is CCOC(=O)c1cc2c(nc(C)n2CCOC)s1. The Morgan fingerprint density at radius 1 is 1.56 bits per heavy atom. The predicted molar refractivity (Wildman–Crippen MR) is 70.2 cm³/mol. The third kappa shape index (κ3) is 2.39. The fourth-order valence-corrected chi connectivity index (χ4v) is 2.77. The molecular weight excluding hydrogens is 252 g/mol. The lowest BCUT2D eigenvalue weighted by molar-refractivity contribution is 0.0532. The largest absolute Gasteiger partial charge is 0.462 e. The molecule has 2 aromatic rings. The van der Waals surface area contributed by atoms with E-state index in [0.29, 0.717) is 18.1 Å². The summed E-state index contributed by atoms with van der Waals surface area (Å²) in [5.41, 5.74) is 0.970. The van der Waals surface area contributed by atoms with Gasteiger partial charge in [0, 0.05) is 13.7 Å². The number of thiophene rings is 1. The fourth-order valence-electron chi connectivity index (χ4n) is 1.79. The number of ether oxygens (including phenoxy) is 2. The van der Waals surface area contributed by atoms with Crippen molar-refractivity contribution >= 4 is 27.7 Å². The standard InChI is InChI=1S/C12H16N2O3S/c1-4-17-12(15)10-7-9-11(18-10)13-8(2)14(9)5-6-16-3/h7H,4-6H2,1-3H3. The van der Waals surface area contributed by atoms with Crippen LogP contribution in [0.3, 0.4) is 0 Å². The quantitative estimate of drug-likeness (QED) is 0.780. The number of esters is 1. The number of hydrogen-bond acceptors (Lipinski definition) is 5. The van der Waals surface area contributed by atoms with E-state index in [9.17, 15) is 4.79 Å². The molecule has 0 saturated carbocycles. The summed E-state index contributed by atoms with van der Waals surface area (Å²) >= 11 is 1.37. The first-order valence-corrected chi connectivity index (χ1v) is 6.61. The minimum atomic E-state index is -0.281. The van der Waals surface area contributed by atoms with Gasteiger partial charge in [-0.1, -0.05) is 0 Å². The second kappa shape index (κ2) is 5.49. The number of fused-ring (bicyclic) bond motifs is 1. The van der Waals surface area contributed by atoms with Crippen molar-refractivity contribution in [2.45, 2.75) is 20.4 Å². The lowest BCUT2D eigenvalue weighted by atomic mass is 10.4. The highest BCUT2D eigenvalue weighted by Crippen LogP contribution is 2.26.